The number of carbonyl (C=O) groups excluding carboxylic acids is 1. The Morgan fingerprint density at radius 1 is 1.45 bits per heavy atom. The summed E-state index contributed by atoms with van der Waals surface area (Å²) in [7, 11) is 0. The molecule has 1 aromatic heterocycles. The van der Waals surface area contributed by atoms with Crippen molar-refractivity contribution in [1.82, 2.24) is 10.3 Å². The van der Waals surface area contributed by atoms with Crippen LogP contribution in [0.1, 0.15) is 56.9 Å². The van der Waals surface area contributed by atoms with Gasteiger partial charge in [0.25, 0.3) is 5.91 Å². The third kappa shape index (κ3) is 3.50. The highest BCUT2D eigenvalue weighted by Crippen LogP contribution is 2.37. The fourth-order valence-corrected chi connectivity index (χ4v) is 2.86. The Kier molecular flexibility index (Phi) is 4.63. The highest BCUT2D eigenvalue weighted by atomic mass is 16.1. The van der Waals surface area contributed by atoms with Crippen LogP contribution in [0.2, 0.25) is 0 Å². The standard InChI is InChI=1S/C16H25N3O/c1-4-17-15(20)13-11-12(8-10-18-13)19-14-7-5-6-9-16(14,2)3/h8,10-11,14H,4-7,9H2,1-3H3,(H,17,20)(H,18,19). The third-order valence-corrected chi connectivity index (χ3v) is 4.18. The molecule has 110 valence electrons. The van der Waals surface area contributed by atoms with Crippen LogP contribution in [0.4, 0.5) is 5.69 Å². The Hall–Kier alpha value is -1.58. The largest absolute Gasteiger partial charge is 0.382 e. The first-order valence-corrected chi connectivity index (χ1v) is 7.54. The van der Waals surface area contributed by atoms with Gasteiger partial charge in [0.2, 0.25) is 0 Å². The van der Waals surface area contributed by atoms with Crippen LogP contribution in [0.5, 0.6) is 0 Å². The molecule has 4 heteroatoms. The lowest BCUT2D eigenvalue weighted by Crippen LogP contribution is -2.39. The van der Waals surface area contributed by atoms with Gasteiger partial charge in [-0.1, -0.05) is 26.7 Å². The maximum absolute atomic E-state index is 11.8. The fraction of sp³-hybridized carbons (Fsp3) is 0.625. The molecule has 1 unspecified atom stereocenters. The molecule has 1 heterocycles. The van der Waals surface area contributed by atoms with Gasteiger partial charge in [-0.2, -0.15) is 0 Å². The van der Waals surface area contributed by atoms with E-state index in [9.17, 15) is 4.79 Å². The number of carbonyl (C=O) groups is 1. The first kappa shape index (κ1) is 14.8. The Bertz CT molecular complexity index is 471. The Labute approximate surface area is 121 Å². The van der Waals surface area contributed by atoms with Crippen molar-refractivity contribution in [1.29, 1.82) is 0 Å². The van der Waals surface area contributed by atoms with Crippen LogP contribution >= 0.6 is 0 Å². The van der Waals surface area contributed by atoms with E-state index in [-0.39, 0.29) is 5.91 Å². The molecule has 1 aromatic rings. The number of nitrogens with one attached hydrogen (secondary N) is 2. The number of nitrogens with zero attached hydrogens (tertiary/aromatic N) is 1. The number of hydrogen-bond donors (Lipinski definition) is 2. The molecule has 0 saturated heterocycles. The van der Waals surface area contributed by atoms with E-state index in [1.165, 1.54) is 25.7 Å². The second-order valence-electron chi connectivity index (χ2n) is 6.22. The summed E-state index contributed by atoms with van der Waals surface area (Å²) in [5.41, 5.74) is 1.76. The Morgan fingerprint density at radius 3 is 2.95 bits per heavy atom. The number of pyridine rings is 1. The van der Waals surface area contributed by atoms with E-state index in [0.29, 0.717) is 23.7 Å². The lowest BCUT2D eigenvalue weighted by atomic mass is 9.73. The average Bonchev–Trinajstić information content (AvgIpc) is 2.42. The molecule has 1 fully saturated rings. The van der Waals surface area contributed by atoms with E-state index in [1.54, 1.807) is 6.20 Å². The molecule has 0 radical (unpaired) electrons. The molecule has 20 heavy (non-hydrogen) atoms. The van der Waals surface area contributed by atoms with Crippen LogP contribution in [0.15, 0.2) is 18.3 Å². The van der Waals surface area contributed by atoms with Crippen molar-refractivity contribution < 1.29 is 4.79 Å². The van der Waals surface area contributed by atoms with Crippen LogP contribution in [-0.2, 0) is 0 Å². The number of aromatic nitrogens is 1. The van der Waals surface area contributed by atoms with Crippen molar-refractivity contribution in [3.8, 4) is 0 Å². The highest BCUT2D eigenvalue weighted by molar-refractivity contribution is 5.93. The lowest BCUT2D eigenvalue weighted by Gasteiger charge is -2.39. The number of hydrogen-bond acceptors (Lipinski definition) is 3. The van der Waals surface area contributed by atoms with Crippen LogP contribution in [0, 0.1) is 5.41 Å². The summed E-state index contributed by atoms with van der Waals surface area (Å²) in [6.07, 6.45) is 6.72. The zero-order chi connectivity index (χ0) is 14.6. The van der Waals surface area contributed by atoms with Gasteiger partial charge in [0, 0.05) is 24.5 Å². The maximum Gasteiger partial charge on any atom is 0.269 e. The van der Waals surface area contributed by atoms with Gasteiger partial charge in [-0.25, -0.2) is 0 Å². The molecule has 1 aliphatic carbocycles. The van der Waals surface area contributed by atoms with Gasteiger partial charge < -0.3 is 10.6 Å². The van der Waals surface area contributed by atoms with Crippen molar-refractivity contribution in [2.24, 2.45) is 5.41 Å². The molecule has 4 nitrogen and oxygen atoms in total. The van der Waals surface area contributed by atoms with E-state index in [0.717, 1.165) is 5.69 Å². The summed E-state index contributed by atoms with van der Waals surface area (Å²) in [5.74, 6) is -0.112. The minimum atomic E-state index is -0.112. The molecule has 0 bridgehead atoms. The molecule has 0 aromatic carbocycles. The van der Waals surface area contributed by atoms with E-state index in [4.69, 9.17) is 0 Å². The van der Waals surface area contributed by atoms with Crippen LogP contribution in [-0.4, -0.2) is 23.5 Å². The molecule has 1 amide bonds. The van der Waals surface area contributed by atoms with Gasteiger partial charge in [0.1, 0.15) is 5.69 Å². The quantitative estimate of drug-likeness (QED) is 0.887. The monoisotopic (exact) mass is 275 g/mol. The highest BCUT2D eigenvalue weighted by Gasteiger charge is 2.32. The molecule has 2 rings (SSSR count). The smallest absolute Gasteiger partial charge is 0.269 e. The van der Waals surface area contributed by atoms with Gasteiger partial charge in [-0.15, -0.1) is 0 Å². The van der Waals surface area contributed by atoms with Gasteiger partial charge in [-0.3, -0.25) is 9.78 Å². The SMILES string of the molecule is CCNC(=O)c1cc(NC2CCCCC2(C)C)ccn1. The predicted octanol–water partition coefficient (Wildman–Crippen LogP) is 3.21. The molecule has 1 aliphatic rings. The second kappa shape index (κ2) is 6.25. The Balaban J connectivity index is 2.09. The van der Waals surface area contributed by atoms with Crippen molar-refractivity contribution in [2.45, 2.75) is 52.5 Å². The van der Waals surface area contributed by atoms with E-state index in [1.807, 2.05) is 19.1 Å². The molecule has 2 N–H and O–H groups in total. The number of rotatable bonds is 4. The average molecular weight is 275 g/mol. The van der Waals surface area contributed by atoms with Crippen molar-refractivity contribution in [3.63, 3.8) is 0 Å². The zero-order valence-electron chi connectivity index (χ0n) is 12.7. The van der Waals surface area contributed by atoms with Crippen LogP contribution < -0.4 is 10.6 Å². The minimum Gasteiger partial charge on any atom is -0.382 e. The Morgan fingerprint density at radius 2 is 2.25 bits per heavy atom. The molecular weight excluding hydrogens is 250 g/mol. The second-order valence-corrected chi connectivity index (χ2v) is 6.22. The maximum atomic E-state index is 11.8. The first-order chi connectivity index (χ1) is 9.53. The fourth-order valence-electron chi connectivity index (χ4n) is 2.86. The van der Waals surface area contributed by atoms with Gasteiger partial charge in [0.15, 0.2) is 0 Å². The number of anilines is 1. The lowest BCUT2D eigenvalue weighted by molar-refractivity contribution is 0.0951. The van der Waals surface area contributed by atoms with Crippen molar-refractivity contribution >= 4 is 11.6 Å². The molecule has 0 aliphatic heterocycles. The van der Waals surface area contributed by atoms with Gasteiger partial charge in [0.05, 0.1) is 0 Å². The summed E-state index contributed by atoms with van der Waals surface area (Å²) in [5, 5.41) is 6.37. The summed E-state index contributed by atoms with van der Waals surface area (Å²) in [6.45, 7) is 7.16. The third-order valence-electron chi connectivity index (χ3n) is 4.18. The van der Waals surface area contributed by atoms with E-state index < -0.39 is 0 Å². The molecule has 0 spiro atoms. The summed E-state index contributed by atoms with van der Waals surface area (Å²) >= 11 is 0. The molecular formula is C16H25N3O. The molecule has 1 saturated carbocycles. The predicted molar refractivity (Wildman–Crippen MR) is 81.9 cm³/mol. The summed E-state index contributed by atoms with van der Waals surface area (Å²) in [6, 6.07) is 4.24. The van der Waals surface area contributed by atoms with Crippen LogP contribution in [0.3, 0.4) is 0 Å². The zero-order valence-corrected chi connectivity index (χ0v) is 12.7. The topological polar surface area (TPSA) is 54.0 Å². The summed E-state index contributed by atoms with van der Waals surface area (Å²) in [4.78, 5) is 16.0. The normalized spacial score (nSPS) is 21.2. The minimum absolute atomic E-state index is 0.112. The summed E-state index contributed by atoms with van der Waals surface area (Å²) < 4.78 is 0. The van der Waals surface area contributed by atoms with Crippen molar-refractivity contribution in [2.75, 3.05) is 11.9 Å². The van der Waals surface area contributed by atoms with Crippen molar-refractivity contribution in [3.05, 3.63) is 24.0 Å². The number of amides is 1. The van der Waals surface area contributed by atoms with Gasteiger partial charge in [-0.05, 0) is 37.3 Å². The van der Waals surface area contributed by atoms with E-state index in [2.05, 4.69) is 29.5 Å². The van der Waals surface area contributed by atoms with E-state index >= 15 is 0 Å². The molecule has 1 atom stereocenters. The first-order valence-electron chi connectivity index (χ1n) is 7.54. The van der Waals surface area contributed by atoms with Crippen LogP contribution in [0.25, 0.3) is 0 Å². The van der Waals surface area contributed by atoms with Gasteiger partial charge >= 0.3 is 0 Å².